The van der Waals surface area contributed by atoms with E-state index in [4.69, 9.17) is 10.8 Å². The highest BCUT2D eigenvalue weighted by Gasteiger charge is 2.19. The van der Waals surface area contributed by atoms with Crippen molar-refractivity contribution in [2.75, 3.05) is 0 Å². The van der Waals surface area contributed by atoms with Gasteiger partial charge in [-0.3, -0.25) is 14.3 Å². The van der Waals surface area contributed by atoms with E-state index < -0.39 is 23.8 Å². The van der Waals surface area contributed by atoms with Gasteiger partial charge in [0.15, 0.2) is 0 Å². The minimum atomic E-state index is -1.21. The van der Waals surface area contributed by atoms with Crippen molar-refractivity contribution in [2.45, 2.75) is 18.9 Å². The number of hydrogen-bond acceptors (Lipinski definition) is 4. The Morgan fingerprint density at radius 2 is 2.25 bits per heavy atom. The molecule has 2 amide bonds. The number of aliphatic carboxylic acids is 1. The molecular formula is C12H16N4O4. The maximum Gasteiger partial charge on any atom is 0.326 e. The molecule has 0 saturated heterocycles. The number of nitrogens with zero attached hydrogens (tertiary/aromatic N) is 2. The van der Waals surface area contributed by atoms with E-state index in [1.54, 1.807) is 24.0 Å². The zero-order valence-corrected chi connectivity index (χ0v) is 10.9. The maximum atomic E-state index is 11.6. The van der Waals surface area contributed by atoms with Gasteiger partial charge in [0, 0.05) is 25.7 Å². The van der Waals surface area contributed by atoms with Crippen LogP contribution in [0.4, 0.5) is 0 Å². The molecule has 0 spiro atoms. The molecule has 8 heteroatoms. The smallest absolute Gasteiger partial charge is 0.326 e. The van der Waals surface area contributed by atoms with Crippen LogP contribution in [-0.4, -0.2) is 38.7 Å². The second-order valence-corrected chi connectivity index (χ2v) is 4.12. The molecule has 0 bridgehead atoms. The fraction of sp³-hybridized carbons (Fsp3) is 0.333. The highest BCUT2D eigenvalue weighted by molar-refractivity contribution is 5.94. The summed E-state index contributed by atoms with van der Waals surface area (Å²) in [5.74, 6) is -2.40. The van der Waals surface area contributed by atoms with Crippen LogP contribution in [-0.2, 0) is 21.4 Å². The first-order chi connectivity index (χ1) is 9.40. The number of carboxylic acids is 1. The molecule has 0 aliphatic carbocycles. The van der Waals surface area contributed by atoms with Crippen LogP contribution in [0, 0.1) is 0 Å². The lowest BCUT2D eigenvalue weighted by molar-refractivity contribution is -0.141. The standard InChI is InChI=1S/C12H16N4O4/c1-16-8(6-7-14-16)2-5-11(18)15-9(12(19)20)3-4-10(13)17/h2,5-7,9H,3-4H2,1H3,(H2,13,17)(H,15,18)(H,19,20)/b5-2+/t9-/m1/s1. The Morgan fingerprint density at radius 3 is 2.75 bits per heavy atom. The number of rotatable bonds is 7. The van der Waals surface area contributed by atoms with E-state index in [9.17, 15) is 14.4 Å². The molecule has 0 aliphatic rings. The van der Waals surface area contributed by atoms with E-state index in [1.807, 2.05) is 0 Å². The summed E-state index contributed by atoms with van der Waals surface area (Å²) in [5, 5.41) is 15.1. The predicted molar refractivity (Wildman–Crippen MR) is 70.2 cm³/mol. The highest BCUT2D eigenvalue weighted by atomic mass is 16.4. The van der Waals surface area contributed by atoms with Crippen molar-refractivity contribution >= 4 is 23.9 Å². The van der Waals surface area contributed by atoms with Gasteiger partial charge in [0.05, 0.1) is 5.69 Å². The summed E-state index contributed by atoms with van der Waals surface area (Å²) in [4.78, 5) is 33.2. The van der Waals surface area contributed by atoms with Crippen LogP contribution < -0.4 is 11.1 Å². The lowest BCUT2D eigenvalue weighted by Gasteiger charge is -2.11. The molecule has 108 valence electrons. The maximum absolute atomic E-state index is 11.6. The van der Waals surface area contributed by atoms with Crippen molar-refractivity contribution in [1.29, 1.82) is 0 Å². The normalized spacial score (nSPS) is 12.2. The van der Waals surface area contributed by atoms with Crippen molar-refractivity contribution in [1.82, 2.24) is 15.1 Å². The predicted octanol–water partition coefficient (Wildman–Crippen LogP) is -0.732. The Hall–Kier alpha value is -2.64. The van der Waals surface area contributed by atoms with E-state index in [1.165, 1.54) is 12.2 Å². The minimum Gasteiger partial charge on any atom is -0.480 e. The van der Waals surface area contributed by atoms with Gasteiger partial charge < -0.3 is 16.2 Å². The summed E-state index contributed by atoms with van der Waals surface area (Å²) in [6.07, 6.45) is 4.13. The summed E-state index contributed by atoms with van der Waals surface area (Å²) < 4.78 is 1.56. The third-order valence-corrected chi connectivity index (χ3v) is 2.56. The van der Waals surface area contributed by atoms with Crippen molar-refractivity contribution in [3.63, 3.8) is 0 Å². The molecule has 20 heavy (non-hydrogen) atoms. The van der Waals surface area contributed by atoms with Crippen molar-refractivity contribution in [3.05, 3.63) is 24.0 Å². The van der Waals surface area contributed by atoms with Gasteiger partial charge in [-0.05, 0) is 18.6 Å². The zero-order chi connectivity index (χ0) is 15.1. The monoisotopic (exact) mass is 280 g/mol. The summed E-state index contributed by atoms with van der Waals surface area (Å²) in [5.41, 5.74) is 5.64. The Morgan fingerprint density at radius 1 is 1.55 bits per heavy atom. The number of primary amides is 1. The van der Waals surface area contributed by atoms with Gasteiger partial charge in [0.25, 0.3) is 0 Å². The van der Waals surface area contributed by atoms with Gasteiger partial charge in [0.1, 0.15) is 6.04 Å². The van der Waals surface area contributed by atoms with Crippen LogP contribution in [0.2, 0.25) is 0 Å². The second kappa shape index (κ2) is 7.07. The van der Waals surface area contributed by atoms with Gasteiger partial charge in [0.2, 0.25) is 11.8 Å². The Kier molecular flexibility index (Phi) is 5.45. The largest absolute Gasteiger partial charge is 0.480 e. The third kappa shape index (κ3) is 4.92. The van der Waals surface area contributed by atoms with E-state index in [-0.39, 0.29) is 12.8 Å². The quantitative estimate of drug-likeness (QED) is 0.567. The molecule has 1 aromatic heterocycles. The molecule has 0 radical (unpaired) electrons. The number of carbonyl (C=O) groups excluding carboxylic acids is 2. The molecule has 0 fully saturated rings. The van der Waals surface area contributed by atoms with Crippen LogP contribution in [0.3, 0.4) is 0 Å². The van der Waals surface area contributed by atoms with Gasteiger partial charge in [-0.15, -0.1) is 0 Å². The SMILES string of the molecule is Cn1nccc1/C=C/C(=O)N[C@H](CCC(N)=O)C(=O)O. The first-order valence-electron chi connectivity index (χ1n) is 5.88. The molecule has 1 atom stereocenters. The summed E-state index contributed by atoms with van der Waals surface area (Å²) in [6, 6.07) is 0.553. The Balaban J connectivity index is 2.58. The number of nitrogens with two attached hydrogens (primary N) is 1. The van der Waals surface area contributed by atoms with Gasteiger partial charge in [-0.1, -0.05) is 0 Å². The lowest BCUT2D eigenvalue weighted by atomic mass is 10.1. The number of aromatic nitrogens is 2. The first kappa shape index (κ1) is 15.4. The fourth-order valence-electron chi connectivity index (χ4n) is 1.47. The van der Waals surface area contributed by atoms with Crippen molar-refractivity contribution in [2.24, 2.45) is 12.8 Å². The Bertz CT molecular complexity index is 535. The molecular weight excluding hydrogens is 264 g/mol. The molecule has 8 nitrogen and oxygen atoms in total. The summed E-state index contributed by atoms with van der Waals surface area (Å²) in [7, 11) is 1.71. The molecule has 0 saturated carbocycles. The number of amides is 2. The number of carboxylic acid groups (broad SMARTS) is 1. The number of aryl methyl sites for hydroxylation is 1. The average molecular weight is 280 g/mol. The summed E-state index contributed by atoms with van der Waals surface area (Å²) >= 11 is 0. The summed E-state index contributed by atoms with van der Waals surface area (Å²) in [6.45, 7) is 0. The topological polar surface area (TPSA) is 127 Å². The number of hydrogen-bond donors (Lipinski definition) is 3. The highest BCUT2D eigenvalue weighted by Crippen LogP contribution is 2.00. The molecule has 1 heterocycles. The van der Waals surface area contributed by atoms with Crippen LogP contribution in [0.5, 0.6) is 0 Å². The first-order valence-corrected chi connectivity index (χ1v) is 5.88. The van der Waals surface area contributed by atoms with E-state index >= 15 is 0 Å². The van der Waals surface area contributed by atoms with Gasteiger partial charge in [-0.25, -0.2) is 4.79 Å². The van der Waals surface area contributed by atoms with Gasteiger partial charge in [-0.2, -0.15) is 5.10 Å². The molecule has 1 aromatic rings. The van der Waals surface area contributed by atoms with Crippen molar-refractivity contribution in [3.8, 4) is 0 Å². The van der Waals surface area contributed by atoms with Crippen LogP contribution in [0.1, 0.15) is 18.5 Å². The molecule has 1 rings (SSSR count). The molecule has 0 aromatic carbocycles. The number of nitrogens with one attached hydrogen (secondary N) is 1. The van der Waals surface area contributed by atoms with E-state index in [0.29, 0.717) is 5.69 Å². The van der Waals surface area contributed by atoms with E-state index in [0.717, 1.165) is 0 Å². The zero-order valence-electron chi connectivity index (χ0n) is 10.9. The lowest BCUT2D eigenvalue weighted by Crippen LogP contribution is -2.40. The molecule has 0 aliphatic heterocycles. The Labute approximate surface area is 115 Å². The minimum absolute atomic E-state index is 0.0457. The van der Waals surface area contributed by atoms with Crippen molar-refractivity contribution < 1.29 is 19.5 Å². The number of carbonyl (C=O) groups is 3. The molecule has 0 unspecified atom stereocenters. The van der Waals surface area contributed by atoms with Crippen LogP contribution in [0.15, 0.2) is 18.3 Å². The van der Waals surface area contributed by atoms with Gasteiger partial charge >= 0.3 is 5.97 Å². The average Bonchev–Trinajstić information content (AvgIpc) is 2.77. The third-order valence-electron chi connectivity index (χ3n) is 2.56. The fourth-order valence-corrected chi connectivity index (χ4v) is 1.47. The molecule has 4 N–H and O–H groups in total. The van der Waals surface area contributed by atoms with Crippen LogP contribution >= 0.6 is 0 Å². The van der Waals surface area contributed by atoms with E-state index in [2.05, 4.69) is 10.4 Å². The van der Waals surface area contributed by atoms with Crippen LogP contribution in [0.25, 0.3) is 6.08 Å². The second-order valence-electron chi connectivity index (χ2n) is 4.12.